The number of nitrogens with one attached hydrogen (secondary N) is 2. The van der Waals surface area contributed by atoms with Gasteiger partial charge in [0.2, 0.25) is 0 Å². The van der Waals surface area contributed by atoms with Crippen molar-refractivity contribution >= 4 is 35.8 Å². The van der Waals surface area contributed by atoms with Crippen LogP contribution in [-0.4, -0.2) is 39.7 Å². The van der Waals surface area contributed by atoms with Crippen molar-refractivity contribution in [3.63, 3.8) is 0 Å². The minimum absolute atomic E-state index is 0.0856. The molecule has 0 aliphatic heterocycles. The number of hydrogen-bond donors (Lipinski definition) is 4. The van der Waals surface area contributed by atoms with Gasteiger partial charge in [0.1, 0.15) is 11.7 Å². The Kier molecular flexibility index (Phi) is 8.08. The van der Waals surface area contributed by atoms with E-state index in [4.69, 9.17) is 4.42 Å². The fourth-order valence-corrected chi connectivity index (χ4v) is 3.86. The summed E-state index contributed by atoms with van der Waals surface area (Å²) < 4.78 is 5.54. The average Bonchev–Trinajstić information content (AvgIpc) is 3.32. The minimum atomic E-state index is -1.60. The lowest BCUT2D eigenvalue weighted by Gasteiger charge is -2.18. The zero-order valence-electron chi connectivity index (χ0n) is 19.3. The molecule has 4 aromatic rings. The van der Waals surface area contributed by atoms with E-state index in [0.29, 0.717) is 35.5 Å². The van der Waals surface area contributed by atoms with Gasteiger partial charge in [0, 0.05) is 36.2 Å². The highest BCUT2D eigenvalue weighted by molar-refractivity contribution is 6.41. The number of aromatic nitrogens is 2. The Morgan fingerprint density at radius 3 is 2.72 bits per heavy atom. The number of para-hydroxylation sites is 1. The number of hydrogen-bond acceptors (Lipinski definition) is 7. The van der Waals surface area contributed by atoms with E-state index in [2.05, 4.69) is 26.7 Å². The number of amides is 2. The quantitative estimate of drug-likeness (QED) is 0.212. The van der Waals surface area contributed by atoms with Gasteiger partial charge < -0.3 is 25.1 Å². The summed E-state index contributed by atoms with van der Waals surface area (Å²) in [6.45, 7) is 0.354. The van der Waals surface area contributed by atoms with Gasteiger partial charge in [-0.3, -0.25) is 0 Å². The van der Waals surface area contributed by atoms with Gasteiger partial charge in [0.15, 0.2) is 5.82 Å². The van der Waals surface area contributed by atoms with Gasteiger partial charge in [-0.05, 0) is 35.8 Å². The van der Waals surface area contributed by atoms with Gasteiger partial charge in [0.25, 0.3) is 0 Å². The van der Waals surface area contributed by atoms with Gasteiger partial charge in [0.05, 0.1) is 17.9 Å². The van der Waals surface area contributed by atoms with E-state index in [-0.39, 0.29) is 6.32 Å². The number of rotatable bonds is 9. The van der Waals surface area contributed by atoms with Crippen molar-refractivity contribution < 1.29 is 19.3 Å². The number of allylic oxidation sites excluding steroid dienone is 1. The molecule has 0 bridgehead atoms. The molecule has 1 atom stereocenters. The Hall–Kier alpha value is -4.46. The van der Waals surface area contributed by atoms with Gasteiger partial charge in [-0.15, -0.1) is 0 Å². The maximum Gasteiger partial charge on any atom is 0.453 e. The first-order valence-corrected chi connectivity index (χ1v) is 11.4. The molecule has 0 saturated heterocycles. The average molecular weight is 481 g/mol. The summed E-state index contributed by atoms with van der Waals surface area (Å²) >= 11 is 0. The van der Waals surface area contributed by atoms with Crippen LogP contribution in [0.2, 0.25) is 6.32 Å². The van der Waals surface area contributed by atoms with Crippen LogP contribution in [0.1, 0.15) is 28.6 Å². The third kappa shape index (κ3) is 6.36. The van der Waals surface area contributed by atoms with E-state index in [1.54, 1.807) is 30.6 Å². The summed E-state index contributed by atoms with van der Waals surface area (Å²) in [6.07, 6.45) is 6.88. The van der Waals surface area contributed by atoms with Crippen molar-refractivity contribution in [2.45, 2.75) is 18.8 Å². The smallest absolute Gasteiger partial charge is 0.453 e. The van der Waals surface area contributed by atoms with E-state index in [1.165, 1.54) is 6.26 Å². The zero-order chi connectivity index (χ0) is 25.3. The van der Waals surface area contributed by atoms with Crippen molar-refractivity contribution in [1.29, 1.82) is 5.26 Å². The molecule has 0 spiro atoms. The van der Waals surface area contributed by atoms with Crippen molar-refractivity contribution in [2.75, 3.05) is 6.54 Å². The molecule has 0 unspecified atom stereocenters. The molecular formula is C26H24BN5O4. The second kappa shape index (κ2) is 11.8. The molecule has 4 rings (SSSR count). The molecule has 2 aromatic heterocycles. The minimum Gasteiger partial charge on any atom is -0.464 e. The van der Waals surface area contributed by atoms with Crippen LogP contribution in [0.5, 0.6) is 0 Å². The summed E-state index contributed by atoms with van der Waals surface area (Å²) in [7, 11) is -1.60. The molecule has 4 N–H and O–H groups in total. The van der Waals surface area contributed by atoms with Crippen molar-refractivity contribution in [3.05, 3.63) is 95.8 Å². The number of carbonyl (C=O) groups excluding carboxylic acids is 1. The van der Waals surface area contributed by atoms with Crippen molar-refractivity contribution in [1.82, 2.24) is 20.6 Å². The second-order valence-electron chi connectivity index (χ2n) is 8.09. The fraction of sp³-hybridized carbons (Fsp3) is 0.154. The summed E-state index contributed by atoms with van der Waals surface area (Å²) in [5, 5.41) is 34.9. The number of fused-ring (bicyclic) bond motifs is 1. The van der Waals surface area contributed by atoms with Crippen LogP contribution in [0.3, 0.4) is 0 Å². The molecule has 0 aliphatic carbocycles. The topological polar surface area (TPSA) is 144 Å². The summed E-state index contributed by atoms with van der Waals surface area (Å²) in [5.74, 6) is 0.358. The lowest BCUT2D eigenvalue weighted by molar-refractivity contribution is 0.237. The maximum absolute atomic E-state index is 12.6. The number of benzene rings is 2. The number of nitrogens with zero attached hydrogens (tertiary/aromatic N) is 3. The SMILES string of the molecule is N#CC(=Cc1cccc(CCNC(=O)N[C@@H](CB(O)O)c2coc3ccccc23)c1)c1ncccn1. The van der Waals surface area contributed by atoms with Crippen LogP contribution in [0.15, 0.2) is 77.7 Å². The highest BCUT2D eigenvalue weighted by atomic mass is 16.4. The molecule has 0 saturated carbocycles. The van der Waals surface area contributed by atoms with E-state index < -0.39 is 19.2 Å². The number of nitriles is 1. The van der Waals surface area contributed by atoms with Gasteiger partial charge in [-0.25, -0.2) is 14.8 Å². The lowest BCUT2D eigenvalue weighted by atomic mass is 9.79. The fourth-order valence-electron chi connectivity index (χ4n) is 3.86. The molecule has 2 aromatic carbocycles. The van der Waals surface area contributed by atoms with Gasteiger partial charge in [-0.2, -0.15) is 5.26 Å². The molecule has 36 heavy (non-hydrogen) atoms. The molecule has 0 radical (unpaired) electrons. The Labute approximate surface area is 208 Å². The zero-order valence-corrected chi connectivity index (χ0v) is 19.3. The standard InChI is InChI=1S/C26H24BN5O4/c28-16-20(25-29-10-4-11-30-25)14-19-6-3-5-18(13-19)9-12-31-26(33)32-23(15-27(34)35)22-17-36-24-8-2-1-7-21(22)24/h1-8,10-11,13-14,17,23,34-35H,9,12,15H2,(H2,31,32,33)/t23-/m0/s1. The van der Waals surface area contributed by atoms with Gasteiger partial charge >= 0.3 is 13.1 Å². The molecule has 10 heteroatoms. The van der Waals surface area contributed by atoms with Gasteiger partial charge in [-0.1, -0.05) is 42.5 Å². The van der Waals surface area contributed by atoms with Crippen LogP contribution < -0.4 is 10.6 Å². The van der Waals surface area contributed by atoms with Crippen LogP contribution in [0.4, 0.5) is 4.79 Å². The first-order chi connectivity index (χ1) is 17.5. The summed E-state index contributed by atoms with van der Waals surface area (Å²) in [4.78, 5) is 20.8. The number of furan rings is 1. The molecule has 180 valence electrons. The first-order valence-electron chi connectivity index (χ1n) is 11.4. The number of carbonyl (C=O) groups is 1. The third-order valence-electron chi connectivity index (χ3n) is 5.53. The Balaban J connectivity index is 1.37. The Morgan fingerprint density at radius 1 is 1.14 bits per heavy atom. The predicted molar refractivity (Wildman–Crippen MR) is 136 cm³/mol. The Morgan fingerprint density at radius 2 is 1.94 bits per heavy atom. The first kappa shape index (κ1) is 24.7. The van der Waals surface area contributed by atoms with Crippen LogP contribution in [0, 0.1) is 11.3 Å². The maximum atomic E-state index is 12.6. The van der Waals surface area contributed by atoms with E-state index in [9.17, 15) is 20.1 Å². The molecule has 0 aliphatic rings. The molecule has 9 nitrogen and oxygen atoms in total. The van der Waals surface area contributed by atoms with E-state index in [1.807, 2.05) is 42.5 Å². The van der Waals surface area contributed by atoms with Crippen molar-refractivity contribution in [2.24, 2.45) is 0 Å². The predicted octanol–water partition coefficient (Wildman–Crippen LogP) is 3.34. The van der Waals surface area contributed by atoms with E-state index in [0.717, 1.165) is 16.5 Å². The van der Waals surface area contributed by atoms with Crippen LogP contribution in [0.25, 0.3) is 22.6 Å². The lowest BCUT2D eigenvalue weighted by Crippen LogP contribution is -2.40. The Bertz CT molecular complexity index is 1400. The normalized spacial score (nSPS) is 12.1. The monoisotopic (exact) mass is 481 g/mol. The van der Waals surface area contributed by atoms with Crippen molar-refractivity contribution in [3.8, 4) is 6.07 Å². The molecule has 2 amide bonds. The number of urea groups is 1. The molecule has 2 heterocycles. The molecule has 0 fully saturated rings. The second-order valence-corrected chi connectivity index (χ2v) is 8.09. The van der Waals surface area contributed by atoms with Crippen LogP contribution >= 0.6 is 0 Å². The van der Waals surface area contributed by atoms with Crippen LogP contribution in [-0.2, 0) is 6.42 Å². The summed E-state index contributed by atoms with van der Waals surface area (Å²) in [6, 6.07) is 17.7. The summed E-state index contributed by atoms with van der Waals surface area (Å²) in [5.41, 5.74) is 3.47. The highest BCUT2D eigenvalue weighted by Crippen LogP contribution is 2.28. The highest BCUT2D eigenvalue weighted by Gasteiger charge is 2.24. The van der Waals surface area contributed by atoms with E-state index >= 15 is 0 Å². The largest absolute Gasteiger partial charge is 0.464 e. The third-order valence-corrected chi connectivity index (χ3v) is 5.53. The molecular weight excluding hydrogens is 457 g/mol.